The molecule has 0 amide bonds. The van der Waals surface area contributed by atoms with E-state index in [1.807, 2.05) is 0 Å². The monoisotopic (exact) mass is 248 g/mol. The van der Waals surface area contributed by atoms with E-state index in [1.54, 1.807) is 6.92 Å². The summed E-state index contributed by atoms with van der Waals surface area (Å²) >= 11 is 0. The number of aliphatic hydroxyl groups excluding tert-OH is 2. The summed E-state index contributed by atoms with van der Waals surface area (Å²) in [5.74, 6) is -1.24. The largest absolute Gasteiger partial charge is 0.456 e. The van der Waals surface area contributed by atoms with Gasteiger partial charge in [-0.05, 0) is 6.92 Å². The maximum atomic E-state index is 10.9. The SMILES string of the molecule is CC(=O)O[C@@H]1[C@@H](OC(C)=O)[C@@H](O)C(O)O[C@H]1C. The molecule has 0 aromatic carbocycles. The molecule has 0 spiro atoms. The maximum Gasteiger partial charge on any atom is 0.303 e. The highest BCUT2D eigenvalue weighted by molar-refractivity contribution is 5.67. The first-order valence-corrected chi connectivity index (χ1v) is 5.19. The molecule has 7 heteroatoms. The Morgan fingerprint density at radius 1 is 1.06 bits per heavy atom. The van der Waals surface area contributed by atoms with Crippen LogP contribution in [0.5, 0.6) is 0 Å². The quantitative estimate of drug-likeness (QED) is 0.601. The second-order valence-electron chi connectivity index (χ2n) is 3.87. The standard InChI is InChI=1S/C10H16O7/c1-4-8(16-5(2)11)9(17-6(3)12)7(13)10(14)15-4/h4,7-10,13-14H,1-3H3/t4-,7+,8-,9-,10?/m0/s1. The van der Waals surface area contributed by atoms with Gasteiger partial charge in [-0.2, -0.15) is 0 Å². The van der Waals surface area contributed by atoms with Crippen LogP contribution in [0.15, 0.2) is 0 Å². The summed E-state index contributed by atoms with van der Waals surface area (Å²) in [5.41, 5.74) is 0. The fourth-order valence-corrected chi connectivity index (χ4v) is 1.68. The molecule has 5 atom stereocenters. The molecule has 1 aliphatic heterocycles. The van der Waals surface area contributed by atoms with Gasteiger partial charge in [-0.25, -0.2) is 0 Å². The Morgan fingerprint density at radius 2 is 1.53 bits per heavy atom. The van der Waals surface area contributed by atoms with Gasteiger partial charge in [-0.1, -0.05) is 0 Å². The molecule has 0 aromatic heterocycles. The first kappa shape index (κ1) is 13.9. The molecule has 2 N–H and O–H groups in total. The molecule has 98 valence electrons. The number of ether oxygens (including phenoxy) is 3. The summed E-state index contributed by atoms with van der Waals surface area (Å²) in [6, 6.07) is 0. The zero-order valence-electron chi connectivity index (χ0n) is 9.82. The number of rotatable bonds is 2. The summed E-state index contributed by atoms with van der Waals surface area (Å²) in [6.07, 6.45) is -5.73. The molecule has 0 radical (unpaired) electrons. The van der Waals surface area contributed by atoms with Crippen molar-refractivity contribution in [2.45, 2.75) is 51.5 Å². The van der Waals surface area contributed by atoms with Gasteiger partial charge in [0.2, 0.25) is 0 Å². The van der Waals surface area contributed by atoms with Crippen LogP contribution in [0.1, 0.15) is 20.8 Å². The molecule has 1 heterocycles. The normalized spacial score (nSPS) is 37.4. The van der Waals surface area contributed by atoms with Crippen molar-refractivity contribution in [2.75, 3.05) is 0 Å². The van der Waals surface area contributed by atoms with Crippen molar-refractivity contribution in [1.29, 1.82) is 0 Å². The van der Waals surface area contributed by atoms with Crippen molar-refractivity contribution in [3.63, 3.8) is 0 Å². The Balaban J connectivity index is 2.86. The van der Waals surface area contributed by atoms with E-state index in [9.17, 15) is 19.8 Å². The van der Waals surface area contributed by atoms with Crippen molar-refractivity contribution >= 4 is 11.9 Å². The molecule has 7 nitrogen and oxygen atoms in total. The molecule has 17 heavy (non-hydrogen) atoms. The van der Waals surface area contributed by atoms with E-state index in [2.05, 4.69) is 0 Å². The molecule has 1 fully saturated rings. The fraction of sp³-hybridized carbons (Fsp3) is 0.800. The highest BCUT2D eigenvalue weighted by Gasteiger charge is 2.46. The predicted octanol–water partition coefficient (Wildman–Crippen LogP) is -1.05. The van der Waals surface area contributed by atoms with Crippen LogP contribution < -0.4 is 0 Å². The molecule has 1 saturated heterocycles. The molecule has 1 unspecified atom stereocenters. The van der Waals surface area contributed by atoms with Crippen molar-refractivity contribution < 1.29 is 34.0 Å². The van der Waals surface area contributed by atoms with Gasteiger partial charge in [0.15, 0.2) is 18.5 Å². The Labute approximate surface area is 98.3 Å². The van der Waals surface area contributed by atoms with Gasteiger partial charge in [0.25, 0.3) is 0 Å². The molecule has 0 saturated carbocycles. The smallest absolute Gasteiger partial charge is 0.303 e. The van der Waals surface area contributed by atoms with Gasteiger partial charge in [0, 0.05) is 13.8 Å². The second-order valence-corrected chi connectivity index (χ2v) is 3.87. The summed E-state index contributed by atoms with van der Waals surface area (Å²) in [6.45, 7) is 3.89. The molecule has 1 rings (SSSR count). The van der Waals surface area contributed by atoms with Crippen molar-refractivity contribution in [1.82, 2.24) is 0 Å². The summed E-state index contributed by atoms with van der Waals surface area (Å²) in [4.78, 5) is 21.8. The summed E-state index contributed by atoms with van der Waals surface area (Å²) in [5, 5.41) is 19.0. The number of carbonyl (C=O) groups is 2. The third kappa shape index (κ3) is 3.39. The average Bonchev–Trinajstić information content (AvgIpc) is 2.19. The second kappa shape index (κ2) is 5.44. The van der Waals surface area contributed by atoms with Crippen molar-refractivity contribution in [3.8, 4) is 0 Å². The van der Waals surface area contributed by atoms with Gasteiger partial charge in [0.05, 0.1) is 6.10 Å². The number of hydrogen-bond acceptors (Lipinski definition) is 7. The number of hydrogen-bond donors (Lipinski definition) is 2. The lowest BCUT2D eigenvalue weighted by atomic mass is 9.99. The van der Waals surface area contributed by atoms with Crippen LogP contribution >= 0.6 is 0 Å². The van der Waals surface area contributed by atoms with Crippen LogP contribution in [0, 0.1) is 0 Å². The lowest BCUT2D eigenvalue weighted by molar-refractivity contribution is -0.284. The van der Waals surface area contributed by atoms with Crippen LogP contribution in [-0.2, 0) is 23.8 Å². The van der Waals surface area contributed by atoms with Gasteiger partial charge in [0.1, 0.15) is 6.10 Å². The Kier molecular flexibility index (Phi) is 4.44. The highest BCUT2D eigenvalue weighted by atomic mass is 16.7. The van der Waals surface area contributed by atoms with Crippen LogP contribution in [0.3, 0.4) is 0 Å². The molecule has 0 aliphatic carbocycles. The van der Waals surface area contributed by atoms with Crippen molar-refractivity contribution in [2.24, 2.45) is 0 Å². The van der Waals surface area contributed by atoms with E-state index in [-0.39, 0.29) is 0 Å². The molecular formula is C10H16O7. The minimum absolute atomic E-state index is 0.591. The number of aliphatic hydroxyl groups is 2. The van der Waals surface area contributed by atoms with E-state index < -0.39 is 42.6 Å². The lowest BCUT2D eigenvalue weighted by Gasteiger charge is -2.40. The third-order valence-electron chi connectivity index (χ3n) is 2.37. The first-order chi connectivity index (χ1) is 7.82. The molecule has 0 aromatic rings. The lowest BCUT2D eigenvalue weighted by Crippen LogP contribution is -2.59. The van der Waals surface area contributed by atoms with E-state index in [0.29, 0.717) is 0 Å². The minimum Gasteiger partial charge on any atom is -0.456 e. The number of esters is 2. The number of carbonyl (C=O) groups excluding carboxylic acids is 2. The zero-order valence-corrected chi connectivity index (χ0v) is 9.82. The topological polar surface area (TPSA) is 102 Å². The van der Waals surface area contributed by atoms with Gasteiger partial charge in [-0.3, -0.25) is 9.59 Å². The Hall–Kier alpha value is -1.18. The van der Waals surface area contributed by atoms with E-state index >= 15 is 0 Å². The third-order valence-corrected chi connectivity index (χ3v) is 2.37. The summed E-state index contributed by atoms with van der Waals surface area (Å²) in [7, 11) is 0. The van der Waals surface area contributed by atoms with Crippen LogP contribution in [0.2, 0.25) is 0 Å². The fourth-order valence-electron chi connectivity index (χ4n) is 1.68. The zero-order chi connectivity index (χ0) is 13.2. The van der Waals surface area contributed by atoms with Crippen LogP contribution in [0.25, 0.3) is 0 Å². The highest BCUT2D eigenvalue weighted by Crippen LogP contribution is 2.24. The minimum atomic E-state index is -1.49. The van der Waals surface area contributed by atoms with Gasteiger partial charge >= 0.3 is 11.9 Å². The van der Waals surface area contributed by atoms with Gasteiger partial charge < -0.3 is 24.4 Å². The Morgan fingerprint density at radius 3 is 2.00 bits per heavy atom. The Bertz CT molecular complexity index is 303. The predicted molar refractivity (Wildman–Crippen MR) is 53.7 cm³/mol. The average molecular weight is 248 g/mol. The van der Waals surface area contributed by atoms with Gasteiger partial charge in [-0.15, -0.1) is 0 Å². The molecule has 1 aliphatic rings. The summed E-state index contributed by atoms with van der Waals surface area (Å²) < 4.78 is 14.7. The molecule has 0 bridgehead atoms. The van der Waals surface area contributed by atoms with Crippen LogP contribution in [-0.4, -0.2) is 52.9 Å². The maximum absolute atomic E-state index is 10.9. The first-order valence-electron chi connectivity index (χ1n) is 5.19. The van der Waals surface area contributed by atoms with Crippen molar-refractivity contribution in [3.05, 3.63) is 0 Å². The van der Waals surface area contributed by atoms with Crippen LogP contribution in [0.4, 0.5) is 0 Å². The van der Waals surface area contributed by atoms with E-state index in [1.165, 1.54) is 6.92 Å². The van der Waals surface area contributed by atoms with E-state index in [0.717, 1.165) is 6.92 Å². The van der Waals surface area contributed by atoms with E-state index in [4.69, 9.17) is 14.2 Å². The molecular weight excluding hydrogens is 232 g/mol.